The van der Waals surface area contributed by atoms with E-state index in [1.807, 2.05) is 47.4 Å². The lowest BCUT2D eigenvalue weighted by Crippen LogP contribution is -2.38. The standard InChI is InChI=1S/C26H34N2O5/c1-26(2,3)15-25(29)28(16-18-8-7-9-20(12-18)30-4)17-21-14-22(27-33-21)19-10-11-23(31-5)24(13-19)32-6/h7-13,21H,14-17H2,1-6H3. The second-order valence-corrected chi connectivity index (χ2v) is 9.40. The topological polar surface area (TPSA) is 69.6 Å². The van der Waals surface area contributed by atoms with Crippen LogP contribution in [-0.2, 0) is 16.2 Å². The molecule has 0 bridgehead atoms. The largest absolute Gasteiger partial charge is 0.497 e. The Bertz CT molecular complexity index is 996. The van der Waals surface area contributed by atoms with Crippen molar-refractivity contribution in [2.24, 2.45) is 10.6 Å². The molecule has 0 saturated carbocycles. The van der Waals surface area contributed by atoms with Gasteiger partial charge in [0.25, 0.3) is 0 Å². The first-order chi connectivity index (χ1) is 15.7. The maximum absolute atomic E-state index is 13.2. The molecule has 1 atom stereocenters. The zero-order valence-electron chi connectivity index (χ0n) is 20.4. The van der Waals surface area contributed by atoms with E-state index < -0.39 is 0 Å². The number of rotatable bonds is 9. The van der Waals surface area contributed by atoms with Crippen molar-refractivity contribution in [3.05, 3.63) is 53.6 Å². The number of hydrogen-bond acceptors (Lipinski definition) is 6. The zero-order chi connectivity index (χ0) is 24.0. The smallest absolute Gasteiger partial charge is 0.223 e. The number of nitrogens with zero attached hydrogens (tertiary/aromatic N) is 2. The van der Waals surface area contributed by atoms with Gasteiger partial charge in [0, 0.05) is 24.9 Å². The highest BCUT2D eigenvalue weighted by Gasteiger charge is 2.29. The number of benzene rings is 2. The minimum absolute atomic E-state index is 0.0912. The second kappa shape index (κ2) is 10.6. The van der Waals surface area contributed by atoms with Gasteiger partial charge >= 0.3 is 0 Å². The average Bonchev–Trinajstić information content (AvgIpc) is 3.25. The number of methoxy groups -OCH3 is 3. The average molecular weight is 455 g/mol. The molecule has 2 aromatic rings. The van der Waals surface area contributed by atoms with Crippen molar-refractivity contribution < 1.29 is 23.8 Å². The molecule has 7 nitrogen and oxygen atoms in total. The van der Waals surface area contributed by atoms with E-state index in [9.17, 15) is 4.79 Å². The molecule has 1 amide bonds. The fraction of sp³-hybridized carbons (Fsp3) is 0.462. The van der Waals surface area contributed by atoms with Crippen LogP contribution in [0.3, 0.4) is 0 Å². The zero-order valence-corrected chi connectivity index (χ0v) is 20.4. The first-order valence-corrected chi connectivity index (χ1v) is 11.1. The van der Waals surface area contributed by atoms with Crippen molar-refractivity contribution in [1.29, 1.82) is 0 Å². The van der Waals surface area contributed by atoms with Crippen molar-refractivity contribution in [2.45, 2.75) is 46.3 Å². The van der Waals surface area contributed by atoms with Crippen LogP contribution < -0.4 is 14.2 Å². The highest BCUT2D eigenvalue weighted by molar-refractivity contribution is 6.01. The van der Waals surface area contributed by atoms with Crippen LogP contribution in [0.5, 0.6) is 17.2 Å². The van der Waals surface area contributed by atoms with Crippen molar-refractivity contribution in [2.75, 3.05) is 27.9 Å². The molecule has 0 fully saturated rings. The Morgan fingerprint density at radius 1 is 1.06 bits per heavy atom. The minimum atomic E-state index is -0.220. The number of amides is 1. The van der Waals surface area contributed by atoms with E-state index in [4.69, 9.17) is 19.0 Å². The molecule has 33 heavy (non-hydrogen) atoms. The molecule has 0 spiro atoms. The molecule has 0 saturated heterocycles. The van der Waals surface area contributed by atoms with Gasteiger partial charge in [-0.05, 0) is 41.3 Å². The highest BCUT2D eigenvalue weighted by atomic mass is 16.6. The van der Waals surface area contributed by atoms with Crippen LogP contribution in [0.1, 0.15) is 44.7 Å². The Hall–Kier alpha value is -3.22. The molecule has 0 N–H and O–H groups in total. The summed E-state index contributed by atoms with van der Waals surface area (Å²) in [6.07, 6.45) is 0.836. The van der Waals surface area contributed by atoms with Gasteiger partial charge in [-0.2, -0.15) is 0 Å². The van der Waals surface area contributed by atoms with Crippen LogP contribution in [0.25, 0.3) is 0 Å². The van der Waals surface area contributed by atoms with Crippen molar-refractivity contribution in [1.82, 2.24) is 4.90 Å². The summed E-state index contributed by atoms with van der Waals surface area (Å²) in [4.78, 5) is 20.8. The van der Waals surface area contributed by atoms with Gasteiger partial charge in [0.05, 0.1) is 33.6 Å². The van der Waals surface area contributed by atoms with Gasteiger partial charge < -0.3 is 23.9 Å². The van der Waals surface area contributed by atoms with Gasteiger partial charge in [0.1, 0.15) is 5.75 Å². The summed E-state index contributed by atoms with van der Waals surface area (Å²) in [5.74, 6) is 2.16. The monoisotopic (exact) mass is 454 g/mol. The van der Waals surface area contributed by atoms with E-state index in [2.05, 4.69) is 25.9 Å². The number of oxime groups is 1. The third-order valence-electron chi connectivity index (χ3n) is 5.42. The summed E-state index contributed by atoms with van der Waals surface area (Å²) in [7, 11) is 4.85. The lowest BCUT2D eigenvalue weighted by molar-refractivity contribution is -0.135. The predicted molar refractivity (Wildman–Crippen MR) is 128 cm³/mol. The molecular formula is C26H34N2O5. The van der Waals surface area contributed by atoms with Crippen LogP contribution in [0.2, 0.25) is 0 Å². The number of hydrogen-bond donors (Lipinski definition) is 0. The maximum atomic E-state index is 13.2. The Kier molecular flexibility index (Phi) is 7.84. The summed E-state index contributed by atoms with van der Waals surface area (Å²) < 4.78 is 16.1. The van der Waals surface area contributed by atoms with Crippen LogP contribution in [-0.4, -0.2) is 50.5 Å². The van der Waals surface area contributed by atoms with E-state index >= 15 is 0 Å². The molecule has 3 rings (SSSR count). The molecule has 178 valence electrons. The third-order valence-corrected chi connectivity index (χ3v) is 5.42. The Morgan fingerprint density at radius 3 is 2.48 bits per heavy atom. The summed E-state index contributed by atoms with van der Waals surface area (Å²) in [5.41, 5.74) is 2.64. The minimum Gasteiger partial charge on any atom is -0.497 e. The molecule has 0 aromatic heterocycles. The summed E-state index contributed by atoms with van der Waals surface area (Å²) in [6.45, 7) is 7.14. The number of ether oxygens (including phenoxy) is 3. The molecule has 1 heterocycles. The summed E-state index contributed by atoms with van der Waals surface area (Å²) in [6, 6.07) is 13.5. The van der Waals surface area contributed by atoms with E-state index in [1.165, 1.54) is 0 Å². The SMILES string of the molecule is COc1cccc(CN(CC2CC(c3ccc(OC)c(OC)c3)=NO2)C(=O)CC(C)(C)C)c1. The molecule has 0 radical (unpaired) electrons. The highest BCUT2D eigenvalue weighted by Crippen LogP contribution is 2.30. The molecule has 2 aromatic carbocycles. The molecule has 1 unspecified atom stereocenters. The first-order valence-electron chi connectivity index (χ1n) is 11.1. The maximum Gasteiger partial charge on any atom is 0.223 e. The van der Waals surface area contributed by atoms with Crippen LogP contribution in [0, 0.1) is 5.41 Å². The van der Waals surface area contributed by atoms with Gasteiger partial charge in [-0.1, -0.05) is 38.1 Å². The lowest BCUT2D eigenvalue weighted by atomic mass is 9.91. The normalized spacial score (nSPS) is 15.5. The predicted octanol–water partition coefficient (Wildman–Crippen LogP) is 4.67. The van der Waals surface area contributed by atoms with Gasteiger partial charge in [-0.25, -0.2) is 0 Å². The Labute approximate surface area is 196 Å². The number of carbonyl (C=O) groups is 1. The quantitative estimate of drug-likeness (QED) is 0.551. The molecule has 0 aliphatic carbocycles. The van der Waals surface area contributed by atoms with Crippen molar-refractivity contribution >= 4 is 11.6 Å². The van der Waals surface area contributed by atoms with Gasteiger partial charge in [0.2, 0.25) is 5.91 Å². The summed E-state index contributed by atoms with van der Waals surface area (Å²) >= 11 is 0. The van der Waals surface area contributed by atoms with Crippen LogP contribution >= 0.6 is 0 Å². The van der Waals surface area contributed by atoms with Gasteiger partial charge in [0.15, 0.2) is 17.6 Å². The molecular weight excluding hydrogens is 420 g/mol. The van der Waals surface area contributed by atoms with Crippen LogP contribution in [0.15, 0.2) is 47.6 Å². The Morgan fingerprint density at radius 2 is 1.82 bits per heavy atom. The van der Waals surface area contributed by atoms with Crippen molar-refractivity contribution in [3.63, 3.8) is 0 Å². The third kappa shape index (κ3) is 6.63. The first kappa shape index (κ1) is 24.4. The van der Waals surface area contributed by atoms with Crippen LogP contribution in [0.4, 0.5) is 0 Å². The second-order valence-electron chi connectivity index (χ2n) is 9.40. The fourth-order valence-corrected chi connectivity index (χ4v) is 3.77. The van der Waals surface area contributed by atoms with E-state index in [1.54, 1.807) is 21.3 Å². The summed E-state index contributed by atoms with van der Waals surface area (Å²) in [5, 5.41) is 4.30. The van der Waals surface area contributed by atoms with Crippen molar-refractivity contribution in [3.8, 4) is 17.2 Å². The molecule has 1 aliphatic rings. The van der Waals surface area contributed by atoms with Gasteiger partial charge in [-0.3, -0.25) is 4.79 Å². The number of carbonyl (C=O) groups excluding carboxylic acids is 1. The van der Waals surface area contributed by atoms with E-state index in [0.29, 0.717) is 37.4 Å². The van der Waals surface area contributed by atoms with Gasteiger partial charge in [-0.15, -0.1) is 0 Å². The lowest BCUT2D eigenvalue weighted by Gasteiger charge is -2.28. The molecule has 1 aliphatic heterocycles. The van der Waals surface area contributed by atoms with E-state index in [-0.39, 0.29) is 17.4 Å². The van der Waals surface area contributed by atoms with E-state index in [0.717, 1.165) is 22.6 Å². The fourth-order valence-electron chi connectivity index (χ4n) is 3.77. The molecule has 7 heteroatoms. The Balaban J connectivity index is 1.73.